The third-order valence-electron chi connectivity index (χ3n) is 4.13. The molecular formula is C21H20Cl2N2O. The van der Waals surface area contributed by atoms with Gasteiger partial charge in [0.2, 0.25) is 0 Å². The second-order valence-corrected chi connectivity index (χ2v) is 6.76. The maximum Gasteiger partial charge on any atom is 0.119 e. The van der Waals surface area contributed by atoms with Crippen LogP contribution in [0.2, 0.25) is 10.0 Å². The van der Waals surface area contributed by atoms with Crippen LogP contribution in [-0.2, 0) is 0 Å². The van der Waals surface area contributed by atoms with Gasteiger partial charge in [0.05, 0.1) is 22.3 Å². The Hall–Kier alpha value is -2.23. The minimum Gasteiger partial charge on any atom is -0.494 e. The summed E-state index contributed by atoms with van der Waals surface area (Å²) < 4.78 is 7.72. The quantitative estimate of drug-likeness (QED) is 0.456. The zero-order chi connectivity index (χ0) is 18.7. The Balaban J connectivity index is 1.90. The molecule has 0 saturated heterocycles. The van der Waals surface area contributed by atoms with E-state index in [0.29, 0.717) is 16.7 Å². The highest BCUT2D eigenvalue weighted by Gasteiger charge is 2.09. The molecule has 0 aliphatic rings. The molecule has 0 bridgehead atoms. The number of aliphatic imine (C=N–C) groups is 1. The third-order valence-corrected chi connectivity index (χ3v) is 4.87. The van der Waals surface area contributed by atoms with Crippen LogP contribution in [0.25, 0.3) is 5.69 Å². The minimum atomic E-state index is 0.501. The van der Waals surface area contributed by atoms with E-state index >= 15 is 0 Å². The van der Waals surface area contributed by atoms with E-state index in [2.05, 4.69) is 41.6 Å². The Morgan fingerprint density at radius 1 is 1.00 bits per heavy atom. The SMILES string of the molecule is CCOc1ccc(-n2c(C)cc(C=Nc3ccc(Cl)c(Cl)c3)c2C)cc1. The van der Waals surface area contributed by atoms with Crippen LogP contribution in [0.4, 0.5) is 5.69 Å². The second kappa shape index (κ2) is 7.98. The van der Waals surface area contributed by atoms with Crippen LogP contribution in [0.15, 0.2) is 53.5 Å². The lowest BCUT2D eigenvalue weighted by molar-refractivity contribution is 0.340. The van der Waals surface area contributed by atoms with E-state index in [0.717, 1.165) is 34.1 Å². The Labute approximate surface area is 163 Å². The number of hydrogen-bond donors (Lipinski definition) is 0. The lowest BCUT2D eigenvalue weighted by Crippen LogP contribution is -2.00. The maximum atomic E-state index is 6.05. The van der Waals surface area contributed by atoms with E-state index in [1.165, 1.54) is 0 Å². The van der Waals surface area contributed by atoms with Crippen molar-refractivity contribution >= 4 is 35.1 Å². The molecule has 1 aromatic heterocycles. The number of halogens is 2. The predicted molar refractivity (Wildman–Crippen MR) is 110 cm³/mol. The van der Waals surface area contributed by atoms with Crippen LogP contribution in [0.5, 0.6) is 5.75 Å². The molecule has 3 nitrogen and oxygen atoms in total. The summed E-state index contributed by atoms with van der Waals surface area (Å²) in [5.74, 6) is 0.875. The fraction of sp³-hybridized carbons (Fsp3) is 0.190. The maximum absolute atomic E-state index is 6.05. The van der Waals surface area contributed by atoms with Gasteiger partial charge in [0.15, 0.2) is 0 Å². The molecule has 2 aromatic carbocycles. The second-order valence-electron chi connectivity index (χ2n) is 5.95. The minimum absolute atomic E-state index is 0.501. The van der Waals surface area contributed by atoms with E-state index in [1.54, 1.807) is 12.1 Å². The first-order valence-electron chi connectivity index (χ1n) is 8.41. The average Bonchev–Trinajstić information content (AvgIpc) is 2.91. The fourth-order valence-electron chi connectivity index (χ4n) is 2.88. The molecular weight excluding hydrogens is 367 g/mol. The van der Waals surface area contributed by atoms with Gasteiger partial charge in [-0.05, 0) is 69.3 Å². The summed E-state index contributed by atoms with van der Waals surface area (Å²) in [5.41, 5.74) is 5.18. The molecule has 0 aliphatic heterocycles. The van der Waals surface area contributed by atoms with Gasteiger partial charge in [0.25, 0.3) is 0 Å². The van der Waals surface area contributed by atoms with Crippen LogP contribution in [0.1, 0.15) is 23.9 Å². The molecule has 26 heavy (non-hydrogen) atoms. The van der Waals surface area contributed by atoms with Gasteiger partial charge in [-0.15, -0.1) is 0 Å². The molecule has 134 valence electrons. The number of rotatable bonds is 5. The van der Waals surface area contributed by atoms with E-state index in [9.17, 15) is 0 Å². The van der Waals surface area contributed by atoms with Crippen molar-refractivity contribution in [2.45, 2.75) is 20.8 Å². The number of benzene rings is 2. The molecule has 0 radical (unpaired) electrons. The molecule has 0 amide bonds. The number of nitrogens with zero attached hydrogens (tertiary/aromatic N) is 2. The van der Waals surface area contributed by atoms with Crippen molar-refractivity contribution in [3.8, 4) is 11.4 Å². The predicted octanol–water partition coefficient (Wildman–Crippen LogP) is 6.55. The van der Waals surface area contributed by atoms with Crippen molar-refractivity contribution < 1.29 is 4.74 Å². The number of ether oxygens (including phenoxy) is 1. The molecule has 0 unspecified atom stereocenters. The Morgan fingerprint density at radius 3 is 2.38 bits per heavy atom. The highest BCUT2D eigenvalue weighted by atomic mass is 35.5. The summed E-state index contributed by atoms with van der Waals surface area (Å²) >= 11 is 12.0. The Bertz CT molecular complexity index is 943. The van der Waals surface area contributed by atoms with Gasteiger partial charge in [-0.3, -0.25) is 4.99 Å². The van der Waals surface area contributed by atoms with Crippen molar-refractivity contribution in [3.63, 3.8) is 0 Å². The van der Waals surface area contributed by atoms with Crippen molar-refractivity contribution in [1.29, 1.82) is 0 Å². The highest BCUT2D eigenvalue weighted by molar-refractivity contribution is 6.42. The summed E-state index contributed by atoms with van der Waals surface area (Å²) in [6, 6.07) is 15.6. The molecule has 0 fully saturated rings. The zero-order valence-electron chi connectivity index (χ0n) is 15.0. The van der Waals surface area contributed by atoms with Crippen LogP contribution in [0, 0.1) is 13.8 Å². The van der Waals surface area contributed by atoms with E-state index < -0.39 is 0 Å². The first-order chi connectivity index (χ1) is 12.5. The van der Waals surface area contributed by atoms with Crippen LogP contribution in [0.3, 0.4) is 0 Å². The fourth-order valence-corrected chi connectivity index (χ4v) is 3.18. The summed E-state index contributed by atoms with van der Waals surface area (Å²) in [5, 5.41) is 1.03. The smallest absolute Gasteiger partial charge is 0.119 e. The Morgan fingerprint density at radius 2 is 1.73 bits per heavy atom. The van der Waals surface area contributed by atoms with Crippen LogP contribution < -0.4 is 4.74 Å². The van der Waals surface area contributed by atoms with Gasteiger partial charge in [-0.2, -0.15) is 0 Å². The van der Waals surface area contributed by atoms with E-state index in [-0.39, 0.29) is 0 Å². The zero-order valence-corrected chi connectivity index (χ0v) is 16.5. The van der Waals surface area contributed by atoms with E-state index in [4.69, 9.17) is 27.9 Å². The van der Waals surface area contributed by atoms with Gasteiger partial charge in [-0.1, -0.05) is 23.2 Å². The van der Waals surface area contributed by atoms with Crippen LogP contribution >= 0.6 is 23.2 Å². The standard InChI is InChI=1S/C21H20Cl2N2O/c1-4-26-19-8-6-18(7-9-19)25-14(2)11-16(15(25)3)13-24-17-5-10-20(22)21(23)12-17/h5-13H,4H2,1-3H3. The van der Waals surface area contributed by atoms with Gasteiger partial charge < -0.3 is 9.30 Å². The van der Waals surface area contributed by atoms with Crippen molar-refractivity contribution in [3.05, 3.63) is 75.5 Å². The van der Waals surface area contributed by atoms with Gasteiger partial charge in [-0.25, -0.2) is 0 Å². The number of hydrogen-bond acceptors (Lipinski definition) is 2. The monoisotopic (exact) mass is 386 g/mol. The van der Waals surface area contributed by atoms with Gasteiger partial charge in [0, 0.05) is 28.9 Å². The van der Waals surface area contributed by atoms with Crippen molar-refractivity contribution in [2.75, 3.05) is 6.61 Å². The summed E-state index contributed by atoms with van der Waals surface area (Å²) in [7, 11) is 0. The van der Waals surface area contributed by atoms with Gasteiger partial charge >= 0.3 is 0 Å². The first kappa shape index (κ1) is 18.6. The highest BCUT2D eigenvalue weighted by Crippen LogP contribution is 2.27. The molecule has 5 heteroatoms. The van der Waals surface area contributed by atoms with Crippen molar-refractivity contribution in [2.24, 2.45) is 4.99 Å². The molecule has 3 rings (SSSR count). The molecule has 0 N–H and O–H groups in total. The molecule has 1 heterocycles. The van der Waals surface area contributed by atoms with Crippen LogP contribution in [-0.4, -0.2) is 17.4 Å². The molecule has 0 saturated carbocycles. The molecule has 0 aliphatic carbocycles. The lowest BCUT2D eigenvalue weighted by atomic mass is 10.2. The van der Waals surface area contributed by atoms with E-state index in [1.807, 2.05) is 31.3 Å². The normalized spacial score (nSPS) is 11.3. The molecule has 0 spiro atoms. The Kier molecular flexibility index (Phi) is 5.70. The third kappa shape index (κ3) is 3.95. The largest absolute Gasteiger partial charge is 0.494 e. The van der Waals surface area contributed by atoms with Gasteiger partial charge in [0.1, 0.15) is 5.75 Å². The summed E-state index contributed by atoms with van der Waals surface area (Å²) in [6.45, 7) is 6.81. The summed E-state index contributed by atoms with van der Waals surface area (Å²) in [4.78, 5) is 4.52. The average molecular weight is 387 g/mol. The molecule has 3 aromatic rings. The van der Waals surface area contributed by atoms with Crippen molar-refractivity contribution in [1.82, 2.24) is 4.57 Å². The number of aromatic nitrogens is 1. The number of aryl methyl sites for hydroxylation is 1. The topological polar surface area (TPSA) is 26.5 Å². The molecule has 0 atom stereocenters. The lowest BCUT2D eigenvalue weighted by Gasteiger charge is -2.10. The summed E-state index contributed by atoms with van der Waals surface area (Å²) in [6.07, 6.45) is 1.85. The first-order valence-corrected chi connectivity index (χ1v) is 9.16.